The van der Waals surface area contributed by atoms with E-state index < -0.39 is 0 Å². The maximum Gasteiger partial charge on any atom is 0.230 e. The van der Waals surface area contributed by atoms with Gasteiger partial charge in [0.25, 0.3) is 0 Å². The van der Waals surface area contributed by atoms with Crippen LogP contribution in [0.4, 0.5) is 0 Å². The minimum Gasteiger partial charge on any atom is -0.486 e. The number of ether oxygens (including phenoxy) is 2. The zero-order valence-electron chi connectivity index (χ0n) is 16.1. The third-order valence-electron chi connectivity index (χ3n) is 4.58. The normalized spacial score (nSPS) is 12.6. The highest BCUT2D eigenvalue weighted by atomic mass is 32.2. The molecule has 8 heteroatoms. The van der Waals surface area contributed by atoms with Crippen molar-refractivity contribution in [1.29, 1.82) is 0 Å². The summed E-state index contributed by atoms with van der Waals surface area (Å²) >= 11 is 1.37. The largest absolute Gasteiger partial charge is 0.486 e. The molecule has 0 fully saturated rings. The number of hydrogen-bond donors (Lipinski definition) is 1. The van der Waals surface area contributed by atoms with Crippen LogP contribution in [0.25, 0.3) is 5.69 Å². The van der Waals surface area contributed by atoms with Crippen molar-refractivity contribution in [3.8, 4) is 17.2 Å². The van der Waals surface area contributed by atoms with Gasteiger partial charge in [-0.05, 0) is 35.7 Å². The van der Waals surface area contributed by atoms with E-state index in [1.165, 1.54) is 17.3 Å². The maximum atomic E-state index is 12.3. The van der Waals surface area contributed by atoms with Crippen molar-refractivity contribution in [3.63, 3.8) is 0 Å². The van der Waals surface area contributed by atoms with E-state index in [0.717, 1.165) is 29.2 Å². The molecule has 150 valence electrons. The molecule has 1 amide bonds. The van der Waals surface area contributed by atoms with E-state index in [1.54, 1.807) is 6.33 Å². The lowest BCUT2D eigenvalue weighted by molar-refractivity contribution is -0.118. The van der Waals surface area contributed by atoms with Crippen LogP contribution in [-0.2, 0) is 17.8 Å². The highest BCUT2D eigenvalue weighted by Gasteiger charge is 2.14. The maximum absolute atomic E-state index is 12.3. The smallest absolute Gasteiger partial charge is 0.230 e. The van der Waals surface area contributed by atoms with Gasteiger partial charge in [0.2, 0.25) is 5.91 Å². The number of para-hydroxylation sites is 1. The average molecular weight is 410 g/mol. The highest BCUT2D eigenvalue weighted by molar-refractivity contribution is 7.99. The Labute approximate surface area is 173 Å². The van der Waals surface area contributed by atoms with Crippen LogP contribution < -0.4 is 14.8 Å². The Hall–Kier alpha value is -3.00. The third kappa shape index (κ3) is 4.54. The lowest BCUT2D eigenvalue weighted by Crippen LogP contribution is -2.25. The molecule has 2 heterocycles. The van der Waals surface area contributed by atoms with Gasteiger partial charge in [-0.15, -0.1) is 10.2 Å². The molecule has 29 heavy (non-hydrogen) atoms. The van der Waals surface area contributed by atoms with Crippen molar-refractivity contribution in [2.24, 2.45) is 0 Å². The number of thioether (sulfide) groups is 1. The molecule has 0 bridgehead atoms. The van der Waals surface area contributed by atoms with Crippen molar-refractivity contribution in [2.45, 2.75) is 25.0 Å². The minimum absolute atomic E-state index is 0.0665. The summed E-state index contributed by atoms with van der Waals surface area (Å²) in [5.74, 6) is 1.66. The molecule has 1 aliphatic rings. The second-order valence-corrected chi connectivity index (χ2v) is 7.45. The van der Waals surface area contributed by atoms with Crippen molar-refractivity contribution < 1.29 is 14.3 Å². The van der Waals surface area contributed by atoms with Gasteiger partial charge in [0, 0.05) is 6.54 Å². The summed E-state index contributed by atoms with van der Waals surface area (Å²) in [4.78, 5) is 12.3. The van der Waals surface area contributed by atoms with Gasteiger partial charge >= 0.3 is 0 Å². The molecular formula is C21H22N4O3S. The van der Waals surface area contributed by atoms with Gasteiger partial charge in [-0.3, -0.25) is 9.36 Å². The molecule has 1 aromatic heterocycles. The summed E-state index contributed by atoms with van der Waals surface area (Å²) < 4.78 is 13.0. The van der Waals surface area contributed by atoms with E-state index in [2.05, 4.69) is 28.5 Å². The van der Waals surface area contributed by atoms with Gasteiger partial charge in [-0.2, -0.15) is 0 Å². The van der Waals surface area contributed by atoms with Crippen LogP contribution in [0.1, 0.15) is 18.1 Å². The number of carbonyl (C=O) groups is 1. The number of rotatable bonds is 7. The summed E-state index contributed by atoms with van der Waals surface area (Å²) in [6, 6.07) is 13.8. The number of aryl methyl sites for hydroxylation is 1. The molecule has 0 saturated heterocycles. The Morgan fingerprint density at radius 1 is 1.17 bits per heavy atom. The van der Waals surface area contributed by atoms with Gasteiger partial charge in [0.05, 0.1) is 11.4 Å². The summed E-state index contributed by atoms with van der Waals surface area (Å²) in [6.45, 7) is 3.65. The molecule has 4 rings (SSSR count). The van der Waals surface area contributed by atoms with E-state index >= 15 is 0 Å². The number of nitrogens with one attached hydrogen (secondary N) is 1. The van der Waals surface area contributed by atoms with Crippen molar-refractivity contribution in [2.75, 3.05) is 19.0 Å². The summed E-state index contributed by atoms with van der Waals surface area (Å²) in [6.07, 6.45) is 2.60. The second kappa shape index (κ2) is 9.00. The molecule has 0 spiro atoms. The van der Waals surface area contributed by atoms with E-state index in [4.69, 9.17) is 9.47 Å². The predicted molar refractivity (Wildman–Crippen MR) is 111 cm³/mol. The van der Waals surface area contributed by atoms with Crippen LogP contribution in [0.2, 0.25) is 0 Å². The molecule has 0 radical (unpaired) electrons. The van der Waals surface area contributed by atoms with Crippen LogP contribution in [0.3, 0.4) is 0 Å². The number of amides is 1. The van der Waals surface area contributed by atoms with Crippen molar-refractivity contribution in [1.82, 2.24) is 20.1 Å². The third-order valence-corrected chi connectivity index (χ3v) is 5.52. The summed E-state index contributed by atoms with van der Waals surface area (Å²) in [5.41, 5.74) is 3.21. The number of aromatic nitrogens is 3. The molecule has 1 N–H and O–H groups in total. The molecule has 0 unspecified atom stereocenters. The zero-order valence-corrected chi connectivity index (χ0v) is 16.9. The molecule has 0 aliphatic carbocycles. The number of nitrogens with zero attached hydrogens (tertiary/aromatic N) is 3. The molecule has 3 aromatic rings. The fourth-order valence-electron chi connectivity index (χ4n) is 3.11. The van der Waals surface area contributed by atoms with Gasteiger partial charge in [-0.1, -0.05) is 43.0 Å². The lowest BCUT2D eigenvalue weighted by atomic mass is 10.1. The molecular weight excluding hydrogens is 388 g/mol. The minimum atomic E-state index is -0.0665. The predicted octanol–water partition coefficient (Wildman–Crippen LogP) is 3.01. The number of hydrogen-bond acceptors (Lipinski definition) is 6. The van der Waals surface area contributed by atoms with Gasteiger partial charge in [0.15, 0.2) is 16.7 Å². The van der Waals surface area contributed by atoms with Crippen molar-refractivity contribution >= 4 is 17.7 Å². The SMILES string of the molecule is CCc1ccccc1-n1cnnc1SCC(=O)NCc1ccc2c(c1)OCCO2. The number of carbonyl (C=O) groups excluding carboxylic acids is 1. The van der Waals surface area contributed by atoms with Crippen molar-refractivity contribution in [3.05, 3.63) is 59.9 Å². The molecule has 0 atom stereocenters. The lowest BCUT2D eigenvalue weighted by Gasteiger charge is -2.19. The van der Waals surface area contributed by atoms with E-state index in [-0.39, 0.29) is 11.7 Å². The van der Waals surface area contributed by atoms with Gasteiger partial charge in [0.1, 0.15) is 19.5 Å². The van der Waals surface area contributed by atoms with Crippen LogP contribution in [-0.4, -0.2) is 39.6 Å². The first kappa shape index (κ1) is 19.3. The fourth-order valence-corrected chi connectivity index (χ4v) is 3.86. The highest BCUT2D eigenvalue weighted by Crippen LogP contribution is 2.30. The van der Waals surface area contributed by atoms with Crippen LogP contribution in [0, 0.1) is 0 Å². The topological polar surface area (TPSA) is 78.3 Å². The van der Waals surface area contributed by atoms with Crippen LogP contribution in [0.15, 0.2) is 53.9 Å². The average Bonchev–Trinajstić information content (AvgIpc) is 3.24. The Morgan fingerprint density at radius 2 is 2.00 bits per heavy atom. The second-order valence-electron chi connectivity index (χ2n) is 6.51. The Morgan fingerprint density at radius 3 is 2.86 bits per heavy atom. The summed E-state index contributed by atoms with van der Waals surface area (Å²) in [5, 5.41) is 11.8. The first-order valence-electron chi connectivity index (χ1n) is 9.51. The molecule has 0 saturated carbocycles. The molecule has 7 nitrogen and oxygen atoms in total. The quantitative estimate of drug-likeness (QED) is 0.604. The van der Waals surface area contributed by atoms with Gasteiger partial charge < -0.3 is 14.8 Å². The van der Waals surface area contributed by atoms with Crippen LogP contribution >= 0.6 is 11.8 Å². The Kier molecular flexibility index (Phi) is 6.00. The Balaban J connectivity index is 1.34. The summed E-state index contributed by atoms with van der Waals surface area (Å²) in [7, 11) is 0. The Bertz CT molecular complexity index is 1010. The van der Waals surface area contributed by atoms with Crippen LogP contribution in [0.5, 0.6) is 11.5 Å². The standard InChI is InChI=1S/C21H22N4O3S/c1-2-16-5-3-4-6-17(16)25-14-23-24-21(25)29-13-20(26)22-12-15-7-8-18-19(11-15)28-10-9-27-18/h3-8,11,14H,2,9-10,12-13H2,1H3,(H,22,26). The molecule has 1 aliphatic heterocycles. The first-order valence-corrected chi connectivity index (χ1v) is 10.5. The van der Waals surface area contributed by atoms with E-state index in [1.807, 2.05) is 41.0 Å². The zero-order chi connectivity index (χ0) is 20.1. The van der Waals surface area contributed by atoms with Gasteiger partial charge in [-0.25, -0.2) is 0 Å². The monoisotopic (exact) mass is 410 g/mol. The number of fused-ring (bicyclic) bond motifs is 1. The van der Waals surface area contributed by atoms with E-state index in [0.29, 0.717) is 24.9 Å². The fraction of sp³-hybridized carbons (Fsp3) is 0.286. The first-order chi connectivity index (χ1) is 14.2. The number of benzene rings is 2. The molecule has 2 aromatic carbocycles. The van der Waals surface area contributed by atoms with E-state index in [9.17, 15) is 4.79 Å².